The molecule has 0 saturated carbocycles. The molecule has 0 heterocycles. The molecule has 0 aliphatic heterocycles. The van der Waals surface area contributed by atoms with Crippen LogP contribution in [0.5, 0.6) is 0 Å². The monoisotopic (exact) mass is 300 g/mol. The molecule has 2 aromatic carbocycles. The molecule has 112 valence electrons. The van der Waals surface area contributed by atoms with Crippen molar-refractivity contribution in [3.63, 3.8) is 0 Å². The smallest absolute Gasteiger partial charge is 0.150 e. The average molecular weight is 300 g/mol. The Hall–Kier alpha value is -2.74. The van der Waals surface area contributed by atoms with Crippen LogP contribution in [0, 0.1) is 29.9 Å². The van der Waals surface area contributed by atoms with Gasteiger partial charge in [-0.2, -0.15) is 5.26 Å². The topological polar surface area (TPSA) is 52.9 Å². The van der Waals surface area contributed by atoms with Crippen LogP contribution in [0.1, 0.15) is 40.0 Å². The van der Waals surface area contributed by atoms with E-state index in [1.807, 2.05) is 6.07 Å². The van der Waals surface area contributed by atoms with Gasteiger partial charge in [0.05, 0.1) is 17.3 Å². The Balaban J connectivity index is 2.36. The number of nitrogens with one attached hydrogen (secondary N) is 1. The Morgan fingerprint density at radius 3 is 2.41 bits per heavy atom. The number of hydrogen-bond donors (Lipinski definition) is 1. The van der Waals surface area contributed by atoms with Crippen molar-refractivity contribution in [2.24, 2.45) is 0 Å². The quantitative estimate of drug-likeness (QED) is 0.864. The van der Waals surface area contributed by atoms with E-state index in [0.717, 1.165) is 0 Å². The third-order valence-electron chi connectivity index (χ3n) is 3.33. The molecule has 0 unspecified atom stereocenters. The summed E-state index contributed by atoms with van der Waals surface area (Å²) >= 11 is 0. The second kappa shape index (κ2) is 6.35. The number of hydrogen-bond acceptors (Lipinski definition) is 3. The number of carbonyl (C=O) groups is 1. The number of nitriles is 1. The highest BCUT2D eigenvalue weighted by Gasteiger charge is 2.18. The van der Waals surface area contributed by atoms with Crippen LogP contribution < -0.4 is 5.32 Å². The Kier molecular flexibility index (Phi) is 4.52. The number of rotatable bonds is 4. The molecular formula is C17H14F2N2O. The number of nitrogens with zero attached hydrogens (tertiary/aromatic N) is 1. The first kappa shape index (κ1) is 15.6. The zero-order chi connectivity index (χ0) is 16.3. The van der Waals surface area contributed by atoms with Gasteiger partial charge in [-0.05, 0) is 49.7 Å². The number of anilines is 1. The van der Waals surface area contributed by atoms with Gasteiger partial charge >= 0.3 is 0 Å². The van der Waals surface area contributed by atoms with Crippen molar-refractivity contribution in [3.8, 4) is 6.07 Å². The van der Waals surface area contributed by atoms with Crippen molar-refractivity contribution < 1.29 is 13.6 Å². The molecule has 0 radical (unpaired) electrons. The average Bonchev–Trinajstić information content (AvgIpc) is 2.46. The van der Waals surface area contributed by atoms with E-state index in [1.165, 1.54) is 24.3 Å². The van der Waals surface area contributed by atoms with Crippen LogP contribution in [0.2, 0.25) is 0 Å². The zero-order valence-corrected chi connectivity index (χ0v) is 12.2. The van der Waals surface area contributed by atoms with Gasteiger partial charge in [0.1, 0.15) is 24.0 Å². The van der Waals surface area contributed by atoms with E-state index in [9.17, 15) is 13.6 Å². The lowest BCUT2D eigenvalue weighted by molar-refractivity contribution is 0.112. The molecule has 3 nitrogen and oxygen atoms in total. The fraction of sp³-hybridized carbons (Fsp3) is 0.176. The van der Waals surface area contributed by atoms with E-state index in [2.05, 4.69) is 5.32 Å². The summed E-state index contributed by atoms with van der Waals surface area (Å²) in [4.78, 5) is 10.7. The van der Waals surface area contributed by atoms with Gasteiger partial charge in [0.15, 0.2) is 0 Å². The Morgan fingerprint density at radius 2 is 1.86 bits per heavy atom. The van der Waals surface area contributed by atoms with Gasteiger partial charge in [0, 0.05) is 11.1 Å². The van der Waals surface area contributed by atoms with Gasteiger partial charge < -0.3 is 5.32 Å². The summed E-state index contributed by atoms with van der Waals surface area (Å²) in [7, 11) is 0. The van der Waals surface area contributed by atoms with Crippen LogP contribution in [-0.2, 0) is 0 Å². The highest BCUT2D eigenvalue weighted by molar-refractivity contribution is 5.78. The van der Waals surface area contributed by atoms with Gasteiger partial charge in [-0.1, -0.05) is 0 Å². The lowest BCUT2D eigenvalue weighted by Crippen LogP contribution is -2.12. The molecule has 2 rings (SSSR count). The summed E-state index contributed by atoms with van der Waals surface area (Å²) in [5.41, 5.74) is 1.43. The van der Waals surface area contributed by atoms with E-state index in [4.69, 9.17) is 5.26 Å². The predicted molar refractivity (Wildman–Crippen MR) is 79.7 cm³/mol. The van der Waals surface area contributed by atoms with Crippen LogP contribution in [0.15, 0.2) is 30.3 Å². The molecule has 0 fully saturated rings. The molecule has 1 atom stereocenters. The lowest BCUT2D eigenvalue weighted by atomic mass is 10.0. The van der Waals surface area contributed by atoms with Crippen LogP contribution in [0.3, 0.4) is 0 Å². The minimum absolute atomic E-state index is 0.0889. The fourth-order valence-electron chi connectivity index (χ4n) is 2.28. The maximum absolute atomic E-state index is 14.0. The molecule has 2 aromatic rings. The number of aryl methyl sites for hydroxylation is 1. The van der Waals surface area contributed by atoms with Gasteiger partial charge in [-0.25, -0.2) is 8.78 Å². The Labute approximate surface area is 127 Å². The molecule has 0 amide bonds. The molecule has 22 heavy (non-hydrogen) atoms. The number of halogens is 2. The summed E-state index contributed by atoms with van der Waals surface area (Å²) < 4.78 is 27.9. The normalized spacial score (nSPS) is 11.6. The first-order valence-electron chi connectivity index (χ1n) is 6.67. The number of aldehydes is 1. The highest BCUT2D eigenvalue weighted by Crippen LogP contribution is 2.27. The predicted octanol–water partition coefficient (Wildman–Crippen LogP) is 4.13. The van der Waals surface area contributed by atoms with Gasteiger partial charge in [0.2, 0.25) is 0 Å². The third-order valence-corrected chi connectivity index (χ3v) is 3.33. The highest BCUT2D eigenvalue weighted by atomic mass is 19.1. The van der Waals surface area contributed by atoms with Crippen molar-refractivity contribution in [2.75, 3.05) is 5.32 Å². The summed E-state index contributed by atoms with van der Waals surface area (Å²) in [5.74, 6) is -1.28. The lowest BCUT2D eigenvalue weighted by Gasteiger charge is -2.18. The maximum atomic E-state index is 14.0. The van der Waals surface area contributed by atoms with Crippen molar-refractivity contribution in [1.29, 1.82) is 5.26 Å². The van der Waals surface area contributed by atoms with E-state index in [1.54, 1.807) is 19.9 Å². The van der Waals surface area contributed by atoms with E-state index >= 15 is 0 Å². The molecule has 0 aromatic heterocycles. The number of carbonyl (C=O) groups excluding carboxylic acids is 1. The standard InChI is InChI=1S/C17H14F2N2O/c1-10-5-14(18)17(15(19)6-10)11(2)21-16-4-3-12(9-22)7-13(16)8-20/h3-7,9,11,21H,1-2H3/t11-/m1/s1. The van der Waals surface area contributed by atoms with Crippen molar-refractivity contribution >= 4 is 12.0 Å². The molecule has 0 aliphatic rings. The summed E-state index contributed by atoms with van der Waals surface area (Å²) in [6.07, 6.45) is 0.632. The summed E-state index contributed by atoms with van der Waals surface area (Å²) in [6.45, 7) is 3.21. The molecule has 0 bridgehead atoms. The van der Waals surface area contributed by atoms with Crippen LogP contribution >= 0.6 is 0 Å². The zero-order valence-electron chi connectivity index (χ0n) is 12.2. The third kappa shape index (κ3) is 3.12. The number of benzene rings is 2. The Morgan fingerprint density at radius 1 is 1.23 bits per heavy atom. The van der Waals surface area contributed by atoms with Gasteiger partial charge in [-0.3, -0.25) is 4.79 Å². The first-order chi connectivity index (χ1) is 10.5. The maximum Gasteiger partial charge on any atom is 0.150 e. The largest absolute Gasteiger partial charge is 0.377 e. The fourth-order valence-corrected chi connectivity index (χ4v) is 2.28. The minimum Gasteiger partial charge on any atom is -0.377 e. The summed E-state index contributed by atoms with van der Waals surface area (Å²) in [5, 5.41) is 12.0. The van der Waals surface area contributed by atoms with Gasteiger partial charge in [0.25, 0.3) is 0 Å². The minimum atomic E-state index is -0.671. The second-order valence-electron chi connectivity index (χ2n) is 5.04. The molecule has 1 N–H and O–H groups in total. The molecular weight excluding hydrogens is 286 g/mol. The van der Waals surface area contributed by atoms with E-state index < -0.39 is 17.7 Å². The molecule has 0 spiro atoms. The van der Waals surface area contributed by atoms with Crippen molar-refractivity contribution in [1.82, 2.24) is 0 Å². The van der Waals surface area contributed by atoms with E-state index in [-0.39, 0.29) is 11.1 Å². The second-order valence-corrected chi connectivity index (χ2v) is 5.04. The van der Waals surface area contributed by atoms with Crippen LogP contribution in [0.25, 0.3) is 0 Å². The van der Waals surface area contributed by atoms with Crippen molar-refractivity contribution in [3.05, 3.63) is 64.2 Å². The van der Waals surface area contributed by atoms with E-state index in [0.29, 0.717) is 23.1 Å². The van der Waals surface area contributed by atoms with Crippen LogP contribution in [0.4, 0.5) is 14.5 Å². The molecule has 5 heteroatoms. The Bertz CT molecular complexity index is 743. The van der Waals surface area contributed by atoms with Crippen LogP contribution in [-0.4, -0.2) is 6.29 Å². The van der Waals surface area contributed by atoms with Gasteiger partial charge in [-0.15, -0.1) is 0 Å². The SMILES string of the molecule is Cc1cc(F)c([C@@H](C)Nc2ccc(C=O)cc2C#N)c(F)c1. The molecule has 0 aliphatic carbocycles. The molecule has 0 saturated heterocycles. The summed E-state index contributed by atoms with van der Waals surface area (Å²) in [6, 6.07) is 8.30. The van der Waals surface area contributed by atoms with Crippen molar-refractivity contribution in [2.45, 2.75) is 19.9 Å². The first-order valence-corrected chi connectivity index (χ1v) is 6.67.